The molecule has 5 heteroatoms. The maximum Gasteiger partial charge on any atom is 0.297 e. The molecule has 1 aliphatic carbocycles. The molecule has 0 unspecified atom stereocenters. The molecule has 3 atom stereocenters. The second kappa shape index (κ2) is 5.87. The van der Waals surface area contributed by atoms with Gasteiger partial charge in [-0.15, -0.1) is 0 Å². The summed E-state index contributed by atoms with van der Waals surface area (Å²) >= 11 is 0. The highest BCUT2D eigenvalue weighted by molar-refractivity contribution is 7.86. The van der Waals surface area contributed by atoms with E-state index in [1.54, 1.807) is 24.3 Å². The number of aryl methyl sites for hydroxylation is 1. The van der Waals surface area contributed by atoms with E-state index in [0.29, 0.717) is 0 Å². The van der Waals surface area contributed by atoms with Gasteiger partial charge in [-0.25, -0.2) is 0 Å². The summed E-state index contributed by atoms with van der Waals surface area (Å²) in [6, 6.07) is 6.80. The number of rotatable bonds is 7. The van der Waals surface area contributed by atoms with Crippen molar-refractivity contribution in [3.8, 4) is 0 Å². The molecule has 128 valence electrons. The molecule has 2 fully saturated rings. The maximum atomic E-state index is 12.6. The van der Waals surface area contributed by atoms with E-state index >= 15 is 0 Å². The Kier molecular flexibility index (Phi) is 4.32. The van der Waals surface area contributed by atoms with Crippen molar-refractivity contribution in [1.29, 1.82) is 0 Å². The van der Waals surface area contributed by atoms with Crippen LogP contribution in [0.4, 0.5) is 0 Å². The van der Waals surface area contributed by atoms with Gasteiger partial charge in [0.15, 0.2) is 0 Å². The van der Waals surface area contributed by atoms with Gasteiger partial charge in [0.2, 0.25) is 0 Å². The predicted molar refractivity (Wildman–Crippen MR) is 88.8 cm³/mol. The van der Waals surface area contributed by atoms with Gasteiger partial charge in [-0.3, -0.25) is 4.18 Å². The van der Waals surface area contributed by atoms with Gasteiger partial charge in [0.25, 0.3) is 10.1 Å². The molecule has 1 aliphatic heterocycles. The van der Waals surface area contributed by atoms with E-state index in [0.717, 1.165) is 44.1 Å². The summed E-state index contributed by atoms with van der Waals surface area (Å²) in [5, 5.41) is 0. The number of unbranched alkanes of at least 4 members (excludes halogenated alkanes) is 2. The third-order valence-electron chi connectivity index (χ3n) is 5.37. The van der Waals surface area contributed by atoms with Gasteiger partial charge in [-0.2, -0.15) is 8.42 Å². The minimum absolute atomic E-state index is 0.200. The summed E-state index contributed by atoms with van der Waals surface area (Å²) in [6.45, 7) is 6.18. The minimum atomic E-state index is -3.74. The molecule has 0 amide bonds. The van der Waals surface area contributed by atoms with Crippen molar-refractivity contribution >= 4 is 10.1 Å². The monoisotopic (exact) mass is 338 g/mol. The Bertz CT molecular complexity index is 667. The minimum Gasteiger partial charge on any atom is -0.360 e. The van der Waals surface area contributed by atoms with E-state index in [1.165, 1.54) is 0 Å². The van der Waals surface area contributed by atoms with Crippen molar-refractivity contribution < 1.29 is 17.3 Å². The van der Waals surface area contributed by atoms with Crippen LogP contribution < -0.4 is 0 Å². The zero-order chi connectivity index (χ0) is 16.7. The molecule has 1 aromatic carbocycles. The molecule has 1 aromatic rings. The van der Waals surface area contributed by atoms with Crippen molar-refractivity contribution in [3.05, 3.63) is 29.8 Å². The fourth-order valence-corrected chi connectivity index (χ4v) is 4.98. The van der Waals surface area contributed by atoms with Crippen molar-refractivity contribution in [2.24, 2.45) is 0 Å². The number of fused-ring (bicyclic) bond motifs is 1. The van der Waals surface area contributed by atoms with E-state index in [4.69, 9.17) is 8.92 Å². The Balaban J connectivity index is 1.75. The lowest BCUT2D eigenvalue weighted by Gasteiger charge is -2.21. The Hall–Kier alpha value is -0.910. The van der Waals surface area contributed by atoms with Crippen LogP contribution in [0.2, 0.25) is 0 Å². The average Bonchev–Trinajstić information content (AvgIpc) is 3.02. The van der Waals surface area contributed by atoms with Gasteiger partial charge >= 0.3 is 0 Å². The number of hydrogen-bond acceptors (Lipinski definition) is 4. The van der Waals surface area contributed by atoms with Gasteiger partial charge < -0.3 is 4.74 Å². The number of hydrogen-bond donors (Lipinski definition) is 0. The van der Waals surface area contributed by atoms with Gasteiger partial charge in [-0.05, 0) is 45.2 Å². The quantitative estimate of drug-likeness (QED) is 0.429. The van der Waals surface area contributed by atoms with Crippen molar-refractivity contribution in [1.82, 2.24) is 0 Å². The molecule has 0 bridgehead atoms. The second-order valence-electron chi connectivity index (χ2n) is 7.07. The Morgan fingerprint density at radius 2 is 1.96 bits per heavy atom. The lowest BCUT2D eigenvalue weighted by Crippen LogP contribution is -2.34. The van der Waals surface area contributed by atoms with Gasteiger partial charge in [0.05, 0.1) is 10.5 Å². The van der Waals surface area contributed by atoms with Gasteiger partial charge in [-0.1, -0.05) is 43.9 Å². The zero-order valence-electron chi connectivity index (χ0n) is 14.2. The third-order valence-corrected chi connectivity index (χ3v) is 6.70. The van der Waals surface area contributed by atoms with E-state index in [2.05, 4.69) is 13.8 Å². The predicted octanol–water partition coefficient (Wildman–Crippen LogP) is 3.97. The molecule has 1 saturated heterocycles. The molecular formula is C18H26O4S. The maximum absolute atomic E-state index is 12.6. The highest BCUT2D eigenvalue weighted by Crippen LogP contribution is 2.63. The fraction of sp³-hybridized carbons (Fsp3) is 0.667. The summed E-state index contributed by atoms with van der Waals surface area (Å²) in [6.07, 6.45) is 5.46. The van der Waals surface area contributed by atoms with Crippen molar-refractivity contribution in [2.45, 2.75) is 81.5 Å². The molecule has 1 saturated carbocycles. The molecule has 3 rings (SSSR count). The first-order valence-corrected chi connectivity index (χ1v) is 9.94. The van der Waals surface area contributed by atoms with E-state index < -0.39 is 15.7 Å². The number of ether oxygens (including phenoxy) is 1. The van der Waals surface area contributed by atoms with Crippen LogP contribution in [0.1, 0.15) is 57.9 Å². The third kappa shape index (κ3) is 2.94. The summed E-state index contributed by atoms with van der Waals surface area (Å²) in [5.74, 6) is 0. The highest BCUT2D eigenvalue weighted by atomic mass is 32.2. The zero-order valence-corrected chi connectivity index (χ0v) is 15.0. The molecule has 0 aromatic heterocycles. The van der Waals surface area contributed by atoms with Crippen LogP contribution in [0, 0.1) is 6.92 Å². The first kappa shape index (κ1) is 16.9. The van der Waals surface area contributed by atoms with E-state index in [1.807, 2.05) is 6.92 Å². The highest BCUT2D eigenvalue weighted by Gasteiger charge is 2.74. The number of benzene rings is 1. The first-order chi connectivity index (χ1) is 10.8. The Morgan fingerprint density at radius 1 is 1.26 bits per heavy atom. The molecule has 1 heterocycles. The molecule has 23 heavy (non-hydrogen) atoms. The Labute approximate surface area is 139 Å². The summed E-state index contributed by atoms with van der Waals surface area (Å²) in [5.41, 5.74) is 0.424. The van der Waals surface area contributed by atoms with E-state index in [9.17, 15) is 8.42 Å². The van der Waals surface area contributed by atoms with Crippen LogP contribution >= 0.6 is 0 Å². The lowest BCUT2D eigenvalue weighted by molar-refractivity contribution is 0.0796. The van der Waals surface area contributed by atoms with Crippen LogP contribution in [0.15, 0.2) is 29.2 Å². The number of epoxide rings is 1. The summed E-state index contributed by atoms with van der Waals surface area (Å²) in [4.78, 5) is 0.223. The molecule has 0 spiro atoms. The smallest absolute Gasteiger partial charge is 0.297 e. The lowest BCUT2D eigenvalue weighted by atomic mass is 9.91. The first-order valence-electron chi connectivity index (χ1n) is 8.53. The van der Waals surface area contributed by atoms with E-state index in [-0.39, 0.29) is 16.6 Å². The van der Waals surface area contributed by atoms with Crippen molar-refractivity contribution in [2.75, 3.05) is 0 Å². The summed E-state index contributed by atoms with van der Waals surface area (Å²) < 4.78 is 36.7. The van der Waals surface area contributed by atoms with Crippen LogP contribution in [-0.2, 0) is 19.0 Å². The van der Waals surface area contributed by atoms with Crippen LogP contribution in [0.25, 0.3) is 0 Å². The largest absolute Gasteiger partial charge is 0.360 e. The van der Waals surface area contributed by atoms with Crippen LogP contribution in [0.5, 0.6) is 0 Å². The fourth-order valence-electron chi connectivity index (χ4n) is 3.84. The molecule has 4 nitrogen and oxygen atoms in total. The summed E-state index contributed by atoms with van der Waals surface area (Å²) in [7, 11) is -3.74. The van der Waals surface area contributed by atoms with Crippen LogP contribution in [0.3, 0.4) is 0 Å². The topological polar surface area (TPSA) is 55.9 Å². The standard InChI is InChI=1S/C18H26O4S/c1-4-5-6-12-18-16(11-13-17(18,3)22-18)21-23(19,20)15-9-7-14(2)8-10-15/h7-10,16H,4-6,11-13H2,1-3H3/t16-,17+,18-/m0/s1. The second-order valence-corrected chi connectivity index (χ2v) is 8.64. The normalized spacial score (nSPS) is 32.7. The Morgan fingerprint density at radius 3 is 2.57 bits per heavy atom. The van der Waals surface area contributed by atoms with Crippen molar-refractivity contribution in [3.63, 3.8) is 0 Å². The molecule has 0 radical (unpaired) electrons. The SMILES string of the molecule is CCCCC[C@@]12O[C@]1(C)CC[C@@H]2OS(=O)(=O)c1ccc(C)cc1. The molecular weight excluding hydrogens is 312 g/mol. The van der Waals surface area contributed by atoms with Gasteiger partial charge in [0.1, 0.15) is 11.7 Å². The van der Waals surface area contributed by atoms with Crippen LogP contribution in [-0.4, -0.2) is 25.7 Å². The molecule has 0 N–H and O–H groups in total. The molecule has 2 aliphatic rings. The van der Waals surface area contributed by atoms with Gasteiger partial charge in [0, 0.05) is 0 Å². The average molecular weight is 338 g/mol.